The van der Waals surface area contributed by atoms with Crippen molar-refractivity contribution in [1.29, 1.82) is 0 Å². The molecule has 11 heavy (non-hydrogen) atoms. The summed E-state index contributed by atoms with van der Waals surface area (Å²) < 4.78 is 26.2. The van der Waals surface area contributed by atoms with Gasteiger partial charge >= 0.3 is 0 Å². The summed E-state index contributed by atoms with van der Waals surface area (Å²) in [7, 11) is -2.95. The summed E-state index contributed by atoms with van der Waals surface area (Å²) in [5, 5.41) is 0.250. The first-order chi connectivity index (χ1) is 5.02. The molecule has 0 amide bonds. The van der Waals surface area contributed by atoms with Gasteiger partial charge < -0.3 is 4.11 Å². The van der Waals surface area contributed by atoms with Gasteiger partial charge in [-0.25, -0.2) is 4.39 Å². The molecular formula is C8H10F2Si. The molecule has 0 radical (unpaired) electrons. The van der Waals surface area contributed by atoms with Crippen LogP contribution in [0.2, 0.25) is 13.1 Å². The van der Waals surface area contributed by atoms with E-state index in [2.05, 4.69) is 0 Å². The molecule has 0 aromatic heterocycles. The highest BCUT2D eigenvalue weighted by molar-refractivity contribution is 6.83. The van der Waals surface area contributed by atoms with Gasteiger partial charge in [-0.05, 0) is 19.2 Å². The molecule has 1 aromatic carbocycles. The Balaban J connectivity index is 3.14. The normalized spacial score (nSPS) is 11.6. The second-order valence-electron chi connectivity index (χ2n) is 2.95. The van der Waals surface area contributed by atoms with Crippen LogP contribution in [0.25, 0.3) is 0 Å². The molecule has 0 unspecified atom stereocenters. The van der Waals surface area contributed by atoms with Gasteiger partial charge in [0.15, 0.2) is 0 Å². The van der Waals surface area contributed by atoms with Crippen LogP contribution in [-0.4, -0.2) is 8.41 Å². The van der Waals surface area contributed by atoms with Gasteiger partial charge in [0.05, 0.1) is 0 Å². The molecule has 0 aliphatic carbocycles. The van der Waals surface area contributed by atoms with Crippen LogP contribution < -0.4 is 5.19 Å². The van der Waals surface area contributed by atoms with Crippen molar-refractivity contribution in [3.8, 4) is 0 Å². The minimum atomic E-state index is -2.95. The summed E-state index contributed by atoms with van der Waals surface area (Å²) >= 11 is 0. The second-order valence-corrected chi connectivity index (χ2v) is 6.44. The van der Waals surface area contributed by atoms with Gasteiger partial charge in [-0.15, -0.1) is 0 Å². The summed E-state index contributed by atoms with van der Waals surface area (Å²) in [6.45, 7) is 2.96. The molecule has 0 heterocycles. The van der Waals surface area contributed by atoms with E-state index in [9.17, 15) is 8.50 Å². The Morgan fingerprint density at radius 1 is 1.18 bits per heavy atom. The second kappa shape index (κ2) is 2.74. The Labute approximate surface area is 66.0 Å². The molecule has 0 saturated carbocycles. The fourth-order valence-electron chi connectivity index (χ4n) is 0.943. The lowest BCUT2D eigenvalue weighted by Crippen LogP contribution is -2.38. The van der Waals surface area contributed by atoms with Crippen molar-refractivity contribution in [3.63, 3.8) is 0 Å². The molecule has 0 aliphatic heterocycles. The number of halogens is 2. The highest BCUT2D eigenvalue weighted by Crippen LogP contribution is 2.06. The summed E-state index contributed by atoms with van der Waals surface area (Å²) in [6.07, 6.45) is 0. The lowest BCUT2D eigenvalue weighted by molar-refractivity contribution is 0.632. The lowest BCUT2D eigenvalue weighted by Gasteiger charge is -2.11. The zero-order valence-corrected chi connectivity index (χ0v) is 7.57. The van der Waals surface area contributed by atoms with Crippen LogP contribution in [0.5, 0.6) is 0 Å². The zero-order valence-electron chi connectivity index (χ0n) is 6.57. The molecule has 0 atom stereocenters. The molecule has 0 spiro atoms. The SMILES string of the molecule is C[Si](C)(F)c1ccccc1F. The third-order valence-corrected chi connectivity index (χ3v) is 3.20. The van der Waals surface area contributed by atoms with Crippen molar-refractivity contribution in [2.75, 3.05) is 0 Å². The van der Waals surface area contributed by atoms with Crippen molar-refractivity contribution in [2.24, 2.45) is 0 Å². The monoisotopic (exact) mass is 172 g/mol. The number of hydrogen-bond acceptors (Lipinski definition) is 0. The van der Waals surface area contributed by atoms with E-state index in [1.54, 1.807) is 12.1 Å². The Bertz CT molecular complexity index is 253. The topological polar surface area (TPSA) is 0 Å². The average molecular weight is 172 g/mol. The number of hydrogen-bond donors (Lipinski definition) is 0. The summed E-state index contributed by atoms with van der Waals surface area (Å²) in [6, 6.07) is 6.04. The molecule has 0 N–H and O–H groups in total. The minimum Gasteiger partial charge on any atom is -0.308 e. The smallest absolute Gasteiger partial charge is 0.274 e. The zero-order chi connectivity index (χ0) is 8.48. The number of benzene rings is 1. The van der Waals surface area contributed by atoms with Crippen molar-refractivity contribution in [3.05, 3.63) is 30.1 Å². The maximum Gasteiger partial charge on any atom is 0.274 e. The molecule has 0 fully saturated rings. The summed E-state index contributed by atoms with van der Waals surface area (Å²) in [5.74, 6) is -0.424. The first-order valence-corrected chi connectivity index (χ1v) is 6.33. The molecule has 0 nitrogen and oxygen atoms in total. The van der Waals surface area contributed by atoms with Gasteiger partial charge in [-0.1, -0.05) is 18.2 Å². The highest BCUT2D eigenvalue weighted by Gasteiger charge is 2.26. The predicted octanol–water partition coefficient (Wildman–Crippen LogP) is 2.21. The molecule has 0 aliphatic rings. The lowest BCUT2D eigenvalue weighted by atomic mass is 10.3. The predicted molar refractivity (Wildman–Crippen MR) is 44.6 cm³/mol. The molecule has 1 rings (SSSR count). The van der Waals surface area contributed by atoms with E-state index in [4.69, 9.17) is 0 Å². The summed E-state index contributed by atoms with van der Waals surface area (Å²) in [5.41, 5.74) is 0. The van der Waals surface area contributed by atoms with Gasteiger partial charge in [-0.3, -0.25) is 0 Å². The largest absolute Gasteiger partial charge is 0.308 e. The summed E-state index contributed by atoms with van der Waals surface area (Å²) in [4.78, 5) is 0. The van der Waals surface area contributed by atoms with E-state index in [1.807, 2.05) is 0 Å². The van der Waals surface area contributed by atoms with E-state index in [0.717, 1.165) is 0 Å². The van der Waals surface area contributed by atoms with Gasteiger partial charge in [0.25, 0.3) is 8.41 Å². The maximum atomic E-state index is 13.3. The van der Waals surface area contributed by atoms with Gasteiger partial charge in [0.2, 0.25) is 0 Å². The molecule has 0 saturated heterocycles. The third kappa shape index (κ3) is 1.86. The van der Waals surface area contributed by atoms with Crippen LogP contribution >= 0.6 is 0 Å². The Hall–Kier alpha value is -0.703. The van der Waals surface area contributed by atoms with Crippen molar-refractivity contribution in [2.45, 2.75) is 13.1 Å². The van der Waals surface area contributed by atoms with Crippen LogP contribution in [0.15, 0.2) is 24.3 Å². The van der Waals surface area contributed by atoms with Crippen molar-refractivity contribution in [1.82, 2.24) is 0 Å². The Morgan fingerprint density at radius 3 is 2.09 bits per heavy atom. The molecule has 60 valence electrons. The van der Waals surface area contributed by atoms with Crippen LogP contribution in [0.3, 0.4) is 0 Å². The van der Waals surface area contributed by atoms with E-state index in [1.165, 1.54) is 25.2 Å². The van der Waals surface area contributed by atoms with Crippen LogP contribution in [0.1, 0.15) is 0 Å². The van der Waals surface area contributed by atoms with E-state index in [0.29, 0.717) is 0 Å². The molecule has 3 heteroatoms. The van der Waals surface area contributed by atoms with Crippen molar-refractivity contribution < 1.29 is 8.50 Å². The average Bonchev–Trinajstić information content (AvgIpc) is 1.86. The van der Waals surface area contributed by atoms with Crippen LogP contribution in [0, 0.1) is 5.82 Å². The van der Waals surface area contributed by atoms with E-state index >= 15 is 0 Å². The Kier molecular flexibility index (Phi) is 2.09. The van der Waals surface area contributed by atoms with E-state index < -0.39 is 14.2 Å². The van der Waals surface area contributed by atoms with Gasteiger partial charge in [0, 0.05) is 5.19 Å². The van der Waals surface area contributed by atoms with Gasteiger partial charge in [0.1, 0.15) is 5.82 Å². The fourth-order valence-corrected chi connectivity index (χ4v) is 2.09. The third-order valence-electron chi connectivity index (χ3n) is 1.51. The standard InChI is InChI=1S/C8H10F2Si/c1-11(2,10)8-6-4-3-5-7(8)9/h3-6H,1-2H3. The quantitative estimate of drug-likeness (QED) is 0.450. The van der Waals surface area contributed by atoms with Crippen LogP contribution in [0.4, 0.5) is 8.50 Å². The van der Waals surface area contributed by atoms with Gasteiger partial charge in [-0.2, -0.15) is 0 Å². The highest BCUT2D eigenvalue weighted by atomic mass is 28.4. The molecular weight excluding hydrogens is 162 g/mol. The molecule has 1 aromatic rings. The van der Waals surface area contributed by atoms with Crippen molar-refractivity contribution >= 4 is 13.6 Å². The molecule has 0 bridgehead atoms. The van der Waals surface area contributed by atoms with Crippen LogP contribution in [-0.2, 0) is 0 Å². The maximum absolute atomic E-state index is 13.3. The first kappa shape index (κ1) is 8.39. The minimum absolute atomic E-state index is 0.250. The fraction of sp³-hybridized carbons (Fsp3) is 0.250. The Morgan fingerprint density at radius 2 is 1.73 bits per heavy atom. The first-order valence-electron chi connectivity index (χ1n) is 3.46. The number of rotatable bonds is 1. The van der Waals surface area contributed by atoms with E-state index in [-0.39, 0.29) is 5.19 Å².